The largest absolute Gasteiger partial charge is 0.469 e. The van der Waals surface area contributed by atoms with Gasteiger partial charge in [-0.15, -0.1) is 0 Å². The molecule has 1 aliphatic heterocycles. The number of rotatable bonds is 4. The molecule has 0 radical (unpaired) electrons. The topological polar surface area (TPSA) is 103 Å². The van der Waals surface area contributed by atoms with Gasteiger partial charge in [-0.2, -0.15) is 10.3 Å². The van der Waals surface area contributed by atoms with Gasteiger partial charge in [-0.05, 0) is 24.3 Å². The highest BCUT2D eigenvalue weighted by molar-refractivity contribution is 7.16. The van der Waals surface area contributed by atoms with E-state index in [1.54, 1.807) is 28.8 Å². The van der Waals surface area contributed by atoms with Crippen LogP contribution < -0.4 is 14.3 Å². The highest BCUT2D eigenvalue weighted by Crippen LogP contribution is 2.37. The summed E-state index contributed by atoms with van der Waals surface area (Å²) >= 11 is 1.32. The maximum Gasteiger partial charge on any atom is 0.307 e. The quantitative estimate of drug-likeness (QED) is 0.614. The Morgan fingerprint density at radius 3 is 2.66 bits per heavy atom. The van der Waals surface area contributed by atoms with Crippen LogP contribution in [0.15, 0.2) is 41.4 Å². The van der Waals surface area contributed by atoms with Crippen molar-refractivity contribution in [1.82, 2.24) is 4.57 Å². The van der Waals surface area contributed by atoms with Crippen molar-refractivity contribution in [1.29, 1.82) is 5.26 Å². The Balaban J connectivity index is 1.78. The average Bonchev–Trinajstić information content (AvgIpc) is 3.33. The summed E-state index contributed by atoms with van der Waals surface area (Å²) in [6.07, 6.45) is 0.134. The predicted molar refractivity (Wildman–Crippen MR) is 104 cm³/mol. The summed E-state index contributed by atoms with van der Waals surface area (Å²) in [7, 11) is 1.33. The molecule has 0 unspecified atom stereocenters. The van der Waals surface area contributed by atoms with Crippen LogP contribution in [0.1, 0.15) is 22.3 Å². The maximum atomic E-state index is 12.6. The number of nitrogens with zero attached hydrogens (tertiary/aromatic N) is 3. The van der Waals surface area contributed by atoms with E-state index in [1.807, 2.05) is 18.2 Å². The molecule has 9 heteroatoms. The number of thiazole rings is 1. The fourth-order valence-electron chi connectivity index (χ4n) is 2.90. The third-order valence-corrected chi connectivity index (χ3v) is 5.44. The lowest BCUT2D eigenvalue weighted by molar-refractivity contribution is -0.140. The van der Waals surface area contributed by atoms with Crippen LogP contribution in [-0.2, 0) is 16.1 Å². The molecule has 29 heavy (non-hydrogen) atoms. The van der Waals surface area contributed by atoms with Gasteiger partial charge in [0, 0.05) is 24.2 Å². The molecule has 1 amide bonds. The van der Waals surface area contributed by atoms with E-state index >= 15 is 0 Å². The number of amides is 1. The number of hydrogen-bond donors (Lipinski definition) is 0. The molecule has 0 saturated heterocycles. The minimum absolute atomic E-state index is 0.134. The molecule has 2 heterocycles. The van der Waals surface area contributed by atoms with Gasteiger partial charge >= 0.3 is 5.97 Å². The minimum atomic E-state index is -0.437. The van der Waals surface area contributed by atoms with Crippen LogP contribution in [0.3, 0.4) is 0 Å². The number of nitriles is 1. The van der Waals surface area contributed by atoms with Crippen LogP contribution in [-0.4, -0.2) is 30.3 Å². The lowest BCUT2D eigenvalue weighted by atomic mass is 10.1. The SMILES string of the molecule is COC(=O)CCn1c(=NC(=O)c2ccc(C#N)cc2)sc2cc3c(cc21)OCO3. The molecule has 0 N–H and O–H groups in total. The van der Waals surface area contributed by atoms with E-state index < -0.39 is 5.91 Å². The van der Waals surface area contributed by atoms with Gasteiger partial charge in [-0.25, -0.2) is 0 Å². The summed E-state index contributed by atoms with van der Waals surface area (Å²) in [4.78, 5) is 29.0. The van der Waals surface area contributed by atoms with Gasteiger partial charge in [0.1, 0.15) is 0 Å². The number of fused-ring (bicyclic) bond motifs is 2. The summed E-state index contributed by atoms with van der Waals surface area (Å²) in [5.74, 6) is 0.436. The summed E-state index contributed by atoms with van der Waals surface area (Å²) in [5.41, 5.74) is 1.62. The van der Waals surface area contributed by atoms with E-state index in [-0.39, 0.29) is 19.2 Å². The molecule has 0 saturated carbocycles. The standard InChI is InChI=1S/C20H15N3O5S/c1-26-18(24)6-7-23-14-8-15-16(28-11-27-15)9-17(14)29-20(23)22-19(25)13-4-2-12(10-21)3-5-13/h2-5,8-9H,6-7,11H2,1H3. The molecule has 146 valence electrons. The van der Waals surface area contributed by atoms with Crippen molar-refractivity contribution in [2.75, 3.05) is 13.9 Å². The van der Waals surface area contributed by atoms with Crippen LogP contribution in [0.4, 0.5) is 0 Å². The maximum absolute atomic E-state index is 12.6. The zero-order valence-electron chi connectivity index (χ0n) is 15.4. The van der Waals surface area contributed by atoms with Crippen molar-refractivity contribution in [2.45, 2.75) is 13.0 Å². The number of ether oxygens (including phenoxy) is 3. The van der Waals surface area contributed by atoms with Crippen LogP contribution in [0, 0.1) is 11.3 Å². The normalized spacial score (nSPS) is 12.8. The third-order valence-electron chi connectivity index (χ3n) is 4.40. The fourth-order valence-corrected chi connectivity index (χ4v) is 3.97. The van der Waals surface area contributed by atoms with E-state index in [1.165, 1.54) is 18.4 Å². The van der Waals surface area contributed by atoms with Crippen molar-refractivity contribution in [3.8, 4) is 17.6 Å². The number of hydrogen-bond acceptors (Lipinski definition) is 7. The molecular formula is C20H15N3O5S. The zero-order valence-corrected chi connectivity index (χ0v) is 16.2. The van der Waals surface area contributed by atoms with E-state index in [9.17, 15) is 9.59 Å². The second-order valence-electron chi connectivity index (χ2n) is 6.14. The van der Waals surface area contributed by atoms with Crippen LogP contribution in [0.25, 0.3) is 10.2 Å². The first-order chi connectivity index (χ1) is 14.1. The Morgan fingerprint density at radius 2 is 1.97 bits per heavy atom. The average molecular weight is 409 g/mol. The van der Waals surface area contributed by atoms with Gasteiger partial charge in [0.15, 0.2) is 16.3 Å². The molecule has 1 aliphatic rings. The molecule has 1 aromatic heterocycles. The number of carbonyl (C=O) groups is 2. The monoisotopic (exact) mass is 409 g/mol. The third kappa shape index (κ3) is 3.70. The van der Waals surface area contributed by atoms with E-state index in [0.717, 1.165) is 10.2 Å². The van der Waals surface area contributed by atoms with Gasteiger partial charge in [0.05, 0.1) is 35.4 Å². The molecule has 0 fully saturated rings. The highest BCUT2D eigenvalue weighted by atomic mass is 32.1. The molecule has 0 bridgehead atoms. The smallest absolute Gasteiger partial charge is 0.307 e. The lowest BCUT2D eigenvalue weighted by Crippen LogP contribution is -2.19. The summed E-state index contributed by atoms with van der Waals surface area (Å²) in [6, 6.07) is 11.9. The first-order valence-electron chi connectivity index (χ1n) is 8.68. The minimum Gasteiger partial charge on any atom is -0.469 e. The number of aromatic nitrogens is 1. The molecule has 2 aromatic carbocycles. The first kappa shape index (κ1) is 18.7. The highest BCUT2D eigenvalue weighted by Gasteiger charge is 2.18. The van der Waals surface area contributed by atoms with Crippen molar-refractivity contribution in [3.05, 3.63) is 52.3 Å². The number of aryl methyl sites for hydroxylation is 1. The van der Waals surface area contributed by atoms with Crippen LogP contribution in [0.2, 0.25) is 0 Å². The summed E-state index contributed by atoms with van der Waals surface area (Å²) < 4.78 is 18.2. The van der Waals surface area contributed by atoms with Gasteiger partial charge < -0.3 is 18.8 Å². The van der Waals surface area contributed by atoms with Crippen LogP contribution >= 0.6 is 11.3 Å². The number of methoxy groups -OCH3 is 1. The van der Waals surface area contributed by atoms with Crippen LogP contribution in [0.5, 0.6) is 11.5 Å². The molecule has 0 atom stereocenters. The Kier molecular flexibility index (Phi) is 5.01. The second kappa shape index (κ2) is 7.77. The van der Waals surface area contributed by atoms with Gasteiger partial charge in [0.25, 0.3) is 5.91 Å². The Labute approximate surface area is 169 Å². The van der Waals surface area contributed by atoms with Crippen molar-refractivity contribution >= 4 is 33.4 Å². The Morgan fingerprint density at radius 1 is 1.24 bits per heavy atom. The second-order valence-corrected chi connectivity index (χ2v) is 7.15. The van der Waals surface area contributed by atoms with E-state index in [0.29, 0.717) is 34.0 Å². The molecular weight excluding hydrogens is 394 g/mol. The first-order valence-corrected chi connectivity index (χ1v) is 9.49. The molecule has 0 aliphatic carbocycles. The fraction of sp³-hybridized carbons (Fsp3) is 0.200. The van der Waals surface area contributed by atoms with Crippen molar-refractivity contribution < 1.29 is 23.8 Å². The van der Waals surface area contributed by atoms with E-state index in [4.69, 9.17) is 19.5 Å². The van der Waals surface area contributed by atoms with Crippen molar-refractivity contribution in [3.63, 3.8) is 0 Å². The van der Waals surface area contributed by atoms with Gasteiger partial charge in [-0.1, -0.05) is 11.3 Å². The number of esters is 1. The van der Waals surface area contributed by atoms with Gasteiger partial charge in [0.2, 0.25) is 6.79 Å². The molecule has 8 nitrogen and oxygen atoms in total. The Hall–Kier alpha value is -3.64. The lowest BCUT2D eigenvalue weighted by Gasteiger charge is -2.05. The van der Waals surface area contributed by atoms with Crippen molar-refractivity contribution in [2.24, 2.45) is 4.99 Å². The number of benzene rings is 2. The molecule has 3 aromatic rings. The predicted octanol–water partition coefficient (Wildman–Crippen LogP) is 2.61. The van der Waals surface area contributed by atoms with Gasteiger partial charge in [-0.3, -0.25) is 9.59 Å². The van der Waals surface area contributed by atoms with E-state index in [2.05, 4.69) is 4.99 Å². The summed E-state index contributed by atoms with van der Waals surface area (Å²) in [6.45, 7) is 0.453. The summed E-state index contributed by atoms with van der Waals surface area (Å²) in [5, 5.41) is 8.90. The molecule has 0 spiro atoms. The molecule has 4 rings (SSSR count). The zero-order chi connectivity index (χ0) is 20.4. The Bertz CT molecular complexity index is 1220. The number of carbonyl (C=O) groups excluding carboxylic acids is 2.